The van der Waals surface area contributed by atoms with Crippen LogP contribution in [0.5, 0.6) is 5.75 Å². The Hall–Kier alpha value is -0.810. The number of ether oxygens (including phenoxy) is 1. The number of aromatic nitrogens is 1. The van der Waals surface area contributed by atoms with E-state index in [2.05, 4.69) is 4.98 Å². The molecule has 6 heteroatoms. The molecule has 108 valence electrons. The Morgan fingerprint density at radius 1 is 1.42 bits per heavy atom. The number of halogens is 1. The number of nitrogens with zero attached hydrogens (tertiary/aromatic N) is 1. The first-order valence-electron chi connectivity index (χ1n) is 6.06. The zero-order chi connectivity index (χ0) is 14.7. The molecule has 1 aromatic rings. The summed E-state index contributed by atoms with van der Waals surface area (Å²) in [5.41, 5.74) is 0.571. The van der Waals surface area contributed by atoms with E-state index in [1.807, 2.05) is 33.8 Å². The molecule has 1 aromatic heterocycles. The SMILES string of the molecule is Cc1ncccc1OCC(CS(=O)(=O)Cl)C(C)(C)C. The van der Waals surface area contributed by atoms with E-state index in [0.717, 1.165) is 5.69 Å². The third kappa shape index (κ3) is 5.78. The van der Waals surface area contributed by atoms with Crippen molar-refractivity contribution in [3.63, 3.8) is 0 Å². The van der Waals surface area contributed by atoms with Gasteiger partial charge in [-0.25, -0.2) is 8.42 Å². The molecular weight excluding hydrogens is 286 g/mol. The van der Waals surface area contributed by atoms with Gasteiger partial charge < -0.3 is 4.74 Å². The molecule has 0 saturated heterocycles. The summed E-state index contributed by atoms with van der Waals surface area (Å²) in [6.07, 6.45) is 1.69. The Morgan fingerprint density at radius 2 is 2.05 bits per heavy atom. The number of pyridine rings is 1. The zero-order valence-electron chi connectivity index (χ0n) is 11.7. The van der Waals surface area contributed by atoms with Crippen molar-refractivity contribution in [2.45, 2.75) is 27.7 Å². The second-order valence-electron chi connectivity index (χ2n) is 5.67. The van der Waals surface area contributed by atoms with Gasteiger partial charge in [-0.05, 0) is 24.5 Å². The summed E-state index contributed by atoms with van der Waals surface area (Å²) < 4.78 is 28.2. The Morgan fingerprint density at radius 3 is 2.53 bits per heavy atom. The molecule has 0 bridgehead atoms. The molecule has 1 unspecified atom stereocenters. The van der Waals surface area contributed by atoms with Crippen molar-refractivity contribution in [3.05, 3.63) is 24.0 Å². The summed E-state index contributed by atoms with van der Waals surface area (Å²) in [7, 11) is 1.81. The molecule has 0 aliphatic heterocycles. The number of hydrogen-bond donors (Lipinski definition) is 0. The van der Waals surface area contributed by atoms with Gasteiger partial charge in [-0.3, -0.25) is 4.98 Å². The summed E-state index contributed by atoms with van der Waals surface area (Å²) in [6.45, 7) is 8.05. The van der Waals surface area contributed by atoms with Gasteiger partial charge in [0.25, 0.3) is 0 Å². The van der Waals surface area contributed by atoms with Crippen LogP contribution in [0, 0.1) is 18.3 Å². The van der Waals surface area contributed by atoms with Gasteiger partial charge in [0.1, 0.15) is 5.75 Å². The van der Waals surface area contributed by atoms with Crippen LogP contribution < -0.4 is 4.74 Å². The van der Waals surface area contributed by atoms with E-state index in [9.17, 15) is 8.42 Å². The molecule has 1 heterocycles. The predicted octanol–water partition coefficient (Wildman–Crippen LogP) is 3.00. The molecule has 0 fully saturated rings. The van der Waals surface area contributed by atoms with E-state index in [1.165, 1.54) is 0 Å². The first-order valence-corrected chi connectivity index (χ1v) is 8.54. The second-order valence-corrected chi connectivity index (χ2v) is 8.49. The third-order valence-corrected chi connectivity index (χ3v) is 4.20. The number of aryl methyl sites for hydroxylation is 1. The fourth-order valence-corrected chi connectivity index (χ4v) is 3.13. The molecule has 0 N–H and O–H groups in total. The van der Waals surface area contributed by atoms with E-state index in [0.29, 0.717) is 12.4 Å². The van der Waals surface area contributed by atoms with Crippen LogP contribution in [0.4, 0.5) is 0 Å². The lowest BCUT2D eigenvalue weighted by atomic mass is 9.82. The van der Waals surface area contributed by atoms with E-state index >= 15 is 0 Å². The molecule has 1 atom stereocenters. The van der Waals surface area contributed by atoms with E-state index in [1.54, 1.807) is 12.3 Å². The number of rotatable bonds is 5. The second kappa shape index (κ2) is 6.09. The molecule has 0 aliphatic rings. The minimum atomic E-state index is -3.54. The van der Waals surface area contributed by atoms with Gasteiger partial charge in [0.15, 0.2) is 0 Å². The Balaban J connectivity index is 2.77. The summed E-state index contributed by atoms with van der Waals surface area (Å²) in [6, 6.07) is 3.60. The predicted molar refractivity (Wildman–Crippen MR) is 77.1 cm³/mol. The van der Waals surface area contributed by atoms with Crippen molar-refractivity contribution in [1.29, 1.82) is 0 Å². The normalized spacial score (nSPS) is 14.2. The topological polar surface area (TPSA) is 56.3 Å². The van der Waals surface area contributed by atoms with Gasteiger partial charge in [0.05, 0.1) is 18.1 Å². The minimum absolute atomic E-state index is 0.0998. The molecule has 0 amide bonds. The smallest absolute Gasteiger partial charge is 0.233 e. The summed E-state index contributed by atoms with van der Waals surface area (Å²) in [4.78, 5) is 4.12. The lowest BCUT2D eigenvalue weighted by Gasteiger charge is -2.29. The first kappa shape index (κ1) is 16.2. The fourth-order valence-electron chi connectivity index (χ4n) is 1.60. The van der Waals surface area contributed by atoms with Crippen molar-refractivity contribution in [2.24, 2.45) is 11.3 Å². The van der Waals surface area contributed by atoms with Gasteiger partial charge in [-0.2, -0.15) is 0 Å². The van der Waals surface area contributed by atoms with Gasteiger partial charge in [0.2, 0.25) is 9.05 Å². The molecule has 0 saturated carbocycles. The van der Waals surface area contributed by atoms with Crippen LogP contribution in [0.25, 0.3) is 0 Å². The van der Waals surface area contributed by atoms with E-state index in [4.69, 9.17) is 15.4 Å². The van der Waals surface area contributed by atoms with Crippen molar-refractivity contribution >= 4 is 19.7 Å². The van der Waals surface area contributed by atoms with Crippen LogP contribution in [-0.4, -0.2) is 25.8 Å². The van der Waals surface area contributed by atoms with Crippen molar-refractivity contribution in [3.8, 4) is 5.75 Å². The van der Waals surface area contributed by atoms with Crippen LogP contribution in [-0.2, 0) is 9.05 Å². The Bertz CT molecular complexity index is 523. The molecule has 0 radical (unpaired) electrons. The molecule has 0 spiro atoms. The molecule has 4 nitrogen and oxygen atoms in total. The molecule has 19 heavy (non-hydrogen) atoms. The van der Waals surface area contributed by atoms with Gasteiger partial charge >= 0.3 is 0 Å². The van der Waals surface area contributed by atoms with Crippen molar-refractivity contribution in [1.82, 2.24) is 4.98 Å². The quantitative estimate of drug-likeness (QED) is 0.785. The van der Waals surface area contributed by atoms with Gasteiger partial charge in [-0.15, -0.1) is 0 Å². The highest BCUT2D eigenvalue weighted by molar-refractivity contribution is 8.13. The average molecular weight is 306 g/mol. The molecule has 0 aliphatic carbocycles. The van der Waals surface area contributed by atoms with Crippen LogP contribution in [0.3, 0.4) is 0 Å². The zero-order valence-corrected chi connectivity index (χ0v) is 13.3. The van der Waals surface area contributed by atoms with Crippen LogP contribution in [0.15, 0.2) is 18.3 Å². The third-order valence-electron chi connectivity index (χ3n) is 3.02. The lowest BCUT2D eigenvalue weighted by Crippen LogP contribution is -2.32. The first-order chi connectivity index (χ1) is 8.59. The fraction of sp³-hybridized carbons (Fsp3) is 0.615. The minimum Gasteiger partial charge on any atom is -0.491 e. The highest BCUT2D eigenvalue weighted by Gasteiger charge is 2.29. The van der Waals surface area contributed by atoms with Gasteiger partial charge in [0, 0.05) is 22.8 Å². The van der Waals surface area contributed by atoms with Crippen LogP contribution >= 0.6 is 10.7 Å². The summed E-state index contributed by atoms with van der Waals surface area (Å²) >= 11 is 0. The van der Waals surface area contributed by atoms with Crippen molar-refractivity contribution in [2.75, 3.05) is 12.4 Å². The molecule has 0 aromatic carbocycles. The highest BCUT2D eigenvalue weighted by atomic mass is 35.7. The van der Waals surface area contributed by atoms with E-state index in [-0.39, 0.29) is 17.1 Å². The van der Waals surface area contributed by atoms with E-state index < -0.39 is 9.05 Å². The number of hydrogen-bond acceptors (Lipinski definition) is 4. The summed E-state index contributed by atoms with van der Waals surface area (Å²) in [5.74, 6) is 0.385. The molecule has 1 rings (SSSR count). The largest absolute Gasteiger partial charge is 0.491 e. The highest BCUT2D eigenvalue weighted by Crippen LogP contribution is 2.29. The lowest BCUT2D eigenvalue weighted by molar-refractivity contribution is 0.162. The maximum Gasteiger partial charge on any atom is 0.233 e. The summed E-state index contributed by atoms with van der Waals surface area (Å²) in [5, 5.41) is 0. The van der Waals surface area contributed by atoms with Crippen molar-refractivity contribution < 1.29 is 13.2 Å². The average Bonchev–Trinajstić information content (AvgIpc) is 2.23. The molecular formula is C13H20ClNO3S. The Kier molecular flexibility index (Phi) is 5.21. The monoisotopic (exact) mass is 305 g/mol. The van der Waals surface area contributed by atoms with Gasteiger partial charge in [-0.1, -0.05) is 20.8 Å². The van der Waals surface area contributed by atoms with Crippen LogP contribution in [0.1, 0.15) is 26.5 Å². The van der Waals surface area contributed by atoms with Crippen LogP contribution in [0.2, 0.25) is 0 Å². The Labute approximate surface area is 119 Å². The maximum atomic E-state index is 11.3. The standard InChI is InChI=1S/C13H20ClNO3S/c1-10-12(6-5-7-15-10)18-8-11(13(2,3)4)9-19(14,16)17/h5-7,11H,8-9H2,1-4H3. The maximum absolute atomic E-state index is 11.3.